The van der Waals surface area contributed by atoms with Crippen LogP contribution in [0.5, 0.6) is 11.5 Å². The van der Waals surface area contributed by atoms with Crippen LogP contribution in [-0.2, 0) is 4.79 Å². The lowest BCUT2D eigenvalue weighted by Gasteiger charge is -2.12. The lowest BCUT2D eigenvalue weighted by Crippen LogP contribution is -2.11. The molecule has 26 heavy (non-hydrogen) atoms. The Kier molecular flexibility index (Phi) is 6.99. The summed E-state index contributed by atoms with van der Waals surface area (Å²) in [5, 5.41) is 9.34. The molecular formula is C22H23NO3. The third-order valence-corrected chi connectivity index (χ3v) is 3.75. The Morgan fingerprint density at radius 2 is 1.85 bits per heavy atom. The van der Waals surface area contributed by atoms with Crippen molar-refractivity contribution in [1.82, 2.24) is 0 Å². The first kappa shape index (κ1) is 19.3. The first-order valence-electron chi connectivity index (χ1n) is 8.71. The molecule has 4 nitrogen and oxygen atoms in total. The number of hydrogen-bond donors (Lipinski definition) is 0. The summed E-state index contributed by atoms with van der Waals surface area (Å²) in [7, 11) is 0. The maximum Gasteiger partial charge on any atom is 0.354 e. The standard InChI is InChI=1S/C22H23NO3/c1-4-13-25-19-11-9-17(10-12-19)14-18(15-23)22(24)26-21-8-6-5-7-20(21)16(2)3/h5-12,14,16H,4,13H2,1-3H3/b18-14-. The molecule has 4 heteroatoms. The highest BCUT2D eigenvalue weighted by molar-refractivity contribution is 5.99. The second kappa shape index (κ2) is 9.43. The van der Waals surface area contributed by atoms with Crippen LogP contribution in [0.1, 0.15) is 44.2 Å². The van der Waals surface area contributed by atoms with Gasteiger partial charge in [-0.3, -0.25) is 0 Å². The molecule has 2 aromatic rings. The zero-order chi connectivity index (χ0) is 18.9. The number of rotatable bonds is 7. The molecule has 134 valence electrons. The lowest BCUT2D eigenvalue weighted by molar-refractivity contribution is -0.129. The van der Waals surface area contributed by atoms with Gasteiger partial charge in [-0.2, -0.15) is 5.26 Å². The van der Waals surface area contributed by atoms with Crippen LogP contribution in [0.25, 0.3) is 6.08 Å². The molecule has 0 spiro atoms. The number of esters is 1. The van der Waals surface area contributed by atoms with Gasteiger partial charge in [-0.25, -0.2) is 4.79 Å². The topological polar surface area (TPSA) is 59.3 Å². The molecule has 0 fully saturated rings. The van der Waals surface area contributed by atoms with Crippen LogP contribution < -0.4 is 9.47 Å². The van der Waals surface area contributed by atoms with E-state index in [1.165, 1.54) is 6.08 Å². The van der Waals surface area contributed by atoms with Crippen molar-refractivity contribution in [3.63, 3.8) is 0 Å². The van der Waals surface area contributed by atoms with E-state index < -0.39 is 5.97 Å². The van der Waals surface area contributed by atoms with Crippen molar-refractivity contribution in [2.45, 2.75) is 33.1 Å². The molecule has 0 radical (unpaired) electrons. The zero-order valence-corrected chi connectivity index (χ0v) is 15.4. The van der Waals surface area contributed by atoms with Gasteiger partial charge in [0, 0.05) is 0 Å². The minimum atomic E-state index is -0.660. The van der Waals surface area contributed by atoms with Gasteiger partial charge in [-0.1, -0.05) is 51.1 Å². The van der Waals surface area contributed by atoms with Crippen molar-refractivity contribution in [2.24, 2.45) is 0 Å². The van der Waals surface area contributed by atoms with Crippen molar-refractivity contribution in [2.75, 3.05) is 6.61 Å². The molecule has 0 heterocycles. The molecule has 0 aliphatic rings. The summed E-state index contributed by atoms with van der Waals surface area (Å²) in [6.07, 6.45) is 2.45. The summed E-state index contributed by atoms with van der Waals surface area (Å²) >= 11 is 0. The van der Waals surface area contributed by atoms with Crippen LogP contribution in [0.4, 0.5) is 0 Å². The summed E-state index contributed by atoms with van der Waals surface area (Å²) in [4.78, 5) is 12.4. The Hall–Kier alpha value is -3.06. The molecular weight excluding hydrogens is 326 g/mol. The van der Waals surface area contributed by atoms with Crippen molar-refractivity contribution in [1.29, 1.82) is 5.26 Å². The number of carbonyl (C=O) groups excluding carboxylic acids is 1. The molecule has 2 rings (SSSR count). The SMILES string of the molecule is CCCOc1ccc(/C=C(/C#N)C(=O)Oc2ccccc2C(C)C)cc1. The minimum Gasteiger partial charge on any atom is -0.494 e. The van der Waals surface area contributed by atoms with Crippen LogP contribution in [-0.4, -0.2) is 12.6 Å². The van der Waals surface area contributed by atoms with E-state index in [9.17, 15) is 10.1 Å². The Balaban J connectivity index is 2.16. The number of ether oxygens (including phenoxy) is 2. The maximum atomic E-state index is 12.4. The molecule has 2 aromatic carbocycles. The van der Waals surface area contributed by atoms with E-state index in [4.69, 9.17) is 9.47 Å². The van der Waals surface area contributed by atoms with E-state index >= 15 is 0 Å². The predicted octanol–water partition coefficient (Wildman–Crippen LogP) is 5.11. The van der Waals surface area contributed by atoms with E-state index in [1.54, 1.807) is 24.3 Å². The summed E-state index contributed by atoms with van der Waals surface area (Å²) in [6, 6.07) is 16.5. The smallest absolute Gasteiger partial charge is 0.354 e. The van der Waals surface area contributed by atoms with E-state index in [0.29, 0.717) is 12.4 Å². The number of hydrogen-bond acceptors (Lipinski definition) is 4. The van der Waals surface area contributed by atoms with E-state index in [-0.39, 0.29) is 11.5 Å². The highest BCUT2D eigenvalue weighted by Crippen LogP contribution is 2.26. The Morgan fingerprint density at radius 3 is 2.46 bits per heavy atom. The van der Waals surface area contributed by atoms with Crippen LogP contribution in [0, 0.1) is 11.3 Å². The van der Waals surface area contributed by atoms with Gasteiger partial charge in [0.25, 0.3) is 0 Å². The average Bonchev–Trinajstić information content (AvgIpc) is 2.65. The fourth-order valence-corrected chi connectivity index (χ4v) is 2.39. The zero-order valence-electron chi connectivity index (χ0n) is 15.4. The second-order valence-electron chi connectivity index (χ2n) is 6.17. The number of carbonyl (C=O) groups is 1. The molecule has 0 saturated heterocycles. The van der Waals surface area contributed by atoms with Crippen LogP contribution in [0.3, 0.4) is 0 Å². The molecule has 0 amide bonds. The third-order valence-electron chi connectivity index (χ3n) is 3.75. The molecule has 0 saturated carbocycles. The average molecular weight is 349 g/mol. The molecule has 0 unspecified atom stereocenters. The van der Waals surface area contributed by atoms with Gasteiger partial charge >= 0.3 is 5.97 Å². The summed E-state index contributed by atoms with van der Waals surface area (Å²) in [5.74, 6) is 0.795. The fraction of sp³-hybridized carbons (Fsp3) is 0.273. The van der Waals surface area contributed by atoms with Crippen molar-refractivity contribution in [3.05, 3.63) is 65.2 Å². The number of nitrogens with zero attached hydrogens (tertiary/aromatic N) is 1. The molecule has 0 aliphatic heterocycles. The maximum absolute atomic E-state index is 12.4. The van der Waals surface area contributed by atoms with Crippen molar-refractivity contribution in [3.8, 4) is 17.6 Å². The second-order valence-corrected chi connectivity index (χ2v) is 6.17. The van der Waals surface area contributed by atoms with Crippen LogP contribution >= 0.6 is 0 Å². The van der Waals surface area contributed by atoms with Gasteiger partial charge in [-0.15, -0.1) is 0 Å². The van der Waals surface area contributed by atoms with Crippen LogP contribution in [0.15, 0.2) is 54.1 Å². The lowest BCUT2D eigenvalue weighted by atomic mass is 10.0. The van der Waals surface area contributed by atoms with E-state index in [1.807, 2.05) is 51.1 Å². The summed E-state index contributed by atoms with van der Waals surface area (Å²) < 4.78 is 11.0. The Bertz CT molecular complexity index is 814. The third kappa shape index (κ3) is 5.22. The molecule has 0 aromatic heterocycles. The highest BCUT2D eigenvalue weighted by Gasteiger charge is 2.15. The predicted molar refractivity (Wildman–Crippen MR) is 102 cm³/mol. The molecule has 0 aliphatic carbocycles. The number of benzene rings is 2. The first-order chi connectivity index (χ1) is 12.5. The van der Waals surface area contributed by atoms with Crippen LogP contribution in [0.2, 0.25) is 0 Å². The van der Waals surface area contributed by atoms with Gasteiger partial charge in [0.1, 0.15) is 23.1 Å². The summed E-state index contributed by atoms with van der Waals surface area (Å²) in [6.45, 7) is 6.74. The van der Waals surface area contributed by atoms with Crippen molar-refractivity contribution < 1.29 is 14.3 Å². The highest BCUT2D eigenvalue weighted by atomic mass is 16.5. The Morgan fingerprint density at radius 1 is 1.15 bits per heavy atom. The monoisotopic (exact) mass is 349 g/mol. The van der Waals surface area contributed by atoms with E-state index in [0.717, 1.165) is 23.3 Å². The molecule has 0 bridgehead atoms. The van der Waals surface area contributed by atoms with Gasteiger partial charge in [-0.05, 0) is 47.7 Å². The Labute approximate surface area is 154 Å². The number of nitriles is 1. The van der Waals surface area contributed by atoms with Gasteiger partial charge in [0.05, 0.1) is 6.61 Å². The quantitative estimate of drug-likeness (QED) is 0.301. The first-order valence-corrected chi connectivity index (χ1v) is 8.71. The largest absolute Gasteiger partial charge is 0.494 e. The molecule has 0 atom stereocenters. The van der Waals surface area contributed by atoms with E-state index in [2.05, 4.69) is 0 Å². The van der Waals surface area contributed by atoms with Crippen molar-refractivity contribution >= 4 is 12.0 Å². The molecule has 0 N–H and O–H groups in total. The number of para-hydroxylation sites is 1. The normalized spacial score (nSPS) is 11.1. The minimum absolute atomic E-state index is 0.0502. The van der Waals surface area contributed by atoms with Gasteiger partial charge in [0.15, 0.2) is 0 Å². The summed E-state index contributed by atoms with van der Waals surface area (Å²) in [5.41, 5.74) is 1.61. The van der Waals surface area contributed by atoms with Gasteiger partial charge < -0.3 is 9.47 Å². The fourth-order valence-electron chi connectivity index (χ4n) is 2.39. The van der Waals surface area contributed by atoms with Gasteiger partial charge in [0.2, 0.25) is 0 Å².